The highest BCUT2D eigenvalue weighted by atomic mass is 16.2. The lowest BCUT2D eigenvalue weighted by Gasteiger charge is -2.39. The second kappa shape index (κ2) is 4.47. The quantitative estimate of drug-likeness (QED) is 0.691. The summed E-state index contributed by atoms with van der Waals surface area (Å²) in [6.07, 6.45) is 7.55. The van der Waals surface area contributed by atoms with Crippen LogP contribution in [0, 0.1) is 17.8 Å². The Morgan fingerprint density at radius 2 is 2.19 bits per heavy atom. The molecule has 1 aliphatic rings. The number of piperidine rings is 1. The highest BCUT2D eigenvalue weighted by Gasteiger charge is 2.38. The fourth-order valence-corrected chi connectivity index (χ4v) is 2.07. The molecule has 3 heteroatoms. The predicted octanol–water partition coefficient (Wildman–Crippen LogP) is 1.29. The molecule has 1 unspecified atom stereocenters. The molecule has 0 saturated carbocycles. The van der Waals surface area contributed by atoms with E-state index in [9.17, 15) is 4.79 Å². The summed E-state index contributed by atoms with van der Waals surface area (Å²) in [5.41, 5.74) is -0.584. The van der Waals surface area contributed by atoms with Crippen molar-refractivity contribution >= 4 is 5.91 Å². The molecule has 1 saturated heterocycles. The second-order valence-corrected chi connectivity index (χ2v) is 5.74. The molecular formula is C13H22N2O. The van der Waals surface area contributed by atoms with E-state index in [0.29, 0.717) is 0 Å². The molecule has 0 spiro atoms. The van der Waals surface area contributed by atoms with Gasteiger partial charge in [-0.3, -0.25) is 4.79 Å². The van der Waals surface area contributed by atoms with Crippen molar-refractivity contribution in [2.75, 3.05) is 6.54 Å². The van der Waals surface area contributed by atoms with E-state index in [4.69, 9.17) is 6.42 Å². The minimum absolute atomic E-state index is 0.00693. The van der Waals surface area contributed by atoms with Crippen molar-refractivity contribution in [1.29, 1.82) is 0 Å². The summed E-state index contributed by atoms with van der Waals surface area (Å²) >= 11 is 0. The van der Waals surface area contributed by atoms with E-state index in [0.717, 1.165) is 19.4 Å². The minimum atomic E-state index is -0.577. The lowest BCUT2D eigenvalue weighted by atomic mass is 9.77. The molecule has 1 atom stereocenters. The number of amides is 1. The van der Waals surface area contributed by atoms with Gasteiger partial charge in [0.05, 0.1) is 11.6 Å². The molecule has 0 bridgehead atoms. The Morgan fingerprint density at radius 1 is 1.56 bits per heavy atom. The molecule has 0 aromatic heterocycles. The zero-order valence-corrected chi connectivity index (χ0v) is 10.7. The zero-order valence-electron chi connectivity index (χ0n) is 10.7. The van der Waals surface area contributed by atoms with Crippen molar-refractivity contribution in [3.8, 4) is 12.3 Å². The molecule has 2 N–H and O–H groups in total. The minimum Gasteiger partial charge on any atom is -0.339 e. The van der Waals surface area contributed by atoms with E-state index in [-0.39, 0.29) is 17.4 Å². The van der Waals surface area contributed by atoms with Crippen LogP contribution >= 0.6 is 0 Å². The van der Waals surface area contributed by atoms with Gasteiger partial charge in [0.1, 0.15) is 0 Å². The third-order valence-corrected chi connectivity index (χ3v) is 3.19. The van der Waals surface area contributed by atoms with Gasteiger partial charge in [-0.2, -0.15) is 0 Å². The summed E-state index contributed by atoms with van der Waals surface area (Å²) in [5, 5.41) is 6.17. The number of carbonyl (C=O) groups is 1. The lowest BCUT2D eigenvalue weighted by Crippen LogP contribution is -2.58. The van der Waals surface area contributed by atoms with Crippen LogP contribution in [-0.2, 0) is 4.79 Å². The highest BCUT2D eigenvalue weighted by molar-refractivity contribution is 5.83. The predicted molar refractivity (Wildman–Crippen MR) is 65.9 cm³/mol. The molecule has 0 aliphatic carbocycles. The van der Waals surface area contributed by atoms with Gasteiger partial charge in [-0.15, -0.1) is 6.42 Å². The summed E-state index contributed by atoms with van der Waals surface area (Å²) < 4.78 is 0. The van der Waals surface area contributed by atoms with Crippen LogP contribution in [0.3, 0.4) is 0 Å². The van der Waals surface area contributed by atoms with Gasteiger partial charge in [0.2, 0.25) is 5.91 Å². The Labute approximate surface area is 98.4 Å². The Bertz CT molecular complexity index is 312. The van der Waals surface area contributed by atoms with Gasteiger partial charge in [0.15, 0.2) is 0 Å². The Morgan fingerprint density at radius 3 is 2.69 bits per heavy atom. The Hall–Kier alpha value is -1.01. The van der Waals surface area contributed by atoms with Crippen LogP contribution in [0.2, 0.25) is 0 Å². The molecule has 16 heavy (non-hydrogen) atoms. The van der Waals surface area contributed by atoms with E-state index in [1.807, 2.05) is 13.8 Å². The molecule has 0 aromatic carbocycles. The van der Waals surface area contributed by atoms with Crippen LogP contribution in [0.4, 0.5) is 0 Å². The van der Waals surface area contributed by atoms with Crippen LogP contribution < -0.4 is 10.6 Å². The largest absolute Gasteiger partial charge is 0.339 e. The summed E-state index contributed by atoms with van der Waals surface area (Å²) in [6.45, 7) is 8.80. The molecule has 1 heterocycles. The topological polar surface area (TPSA) is 41.1 Å². The van der Waals surface area contributed by atoms with Crippen molar-refractivity contribution < 1.29 is 4.79 Å². The average Bonchev–Trinajstić information content (AvgIpc) is 2.16. The average molecular weight is 222 g/mol. The van der Waals surface area contributed by atoms with Crippen molar-refractivity contribution in [2.45, 2.75) is 52.1 Å². The van der Waals surface area contributed by atoms with Gasteiger partial charge in [0, 0.05) is 0 Å². The van der Waals surface area contributed by atoms with E-state index in [1.165, 1.54) is 0 Å². The normalized spacial score (nSPS) is 24.6. The van der Waals surface area contributed by atoms with E-state index in [1.54, 1.807) is 0 Å². The van der Waals surface area contributed by atoms with Crippen LogP contribution in [-0.4, -0.2) is 24.0 Å². The maximum absolute atomic E-state index is 12.1. The third-order valence-electron chi connectivity index (χ3n) is 3.19. The fourth-order valence-electron chi connectivity index (χ4n) is 2.07. The number of nitrogens with one attached hydrogen (secondary N) is 2. The van der Waals surface area contributed by atoms with Crippen LogP contribution in [0.1, 0.15) is 40.5 Å². The monoisotopic (exact) mass is 222 g/mol. The summed E-state index contributed by atoms with van der Waals surface area (Å²) in [4.78, 5) is 12.1. The number of terminal acetylenes is 1. The lowest BCUT2D eigenvalue weighted by molar-refractivity contribution is -0.127. The van der Waals surface area contributed by atoms with Crippen molar-refractivity contribution in [1.82, 2.24) is 10.6 Å². The molecule has 1 amide bonds. The molecule has 90 valence electrons. The third kappa shape index (κ3) is 2.99. The summed E-state index contributed by atoms with van der Waals surface area (Å²) in [7, 11) is 0. The Kier molecular flexibility index (Phi) is 3.64. The molecule has 1 aliphatic heterocycles. The van der Waals surface area contributed by atoms with Crippen LogP contribution in [0.25, 0.3) is 0 Å². The first-order chi connectivity index (χ1) is 7.28. The van der Waals surface area contributed by atoms with Crippen molar-refractivity contribution in [3.05, 3.63) is 0 Å². The van der Waals surface area contributed by atoms with E-state index in [2.05, 4.69) is 30.4 Å². The van der Waals surface area contributed by atoms with Crippen LogP contribution in [0.15, 0.2) is 0 Å². The molecular weight excluding hydrogens is 200 g/mol. The number of rotatable bonds is 2. The molecule has 0 radical (unpaired) electrons. The summed E-state index contributed by atoms with van der Waals surface area (Å²) in [6, 6.07) is -0.145. The van der Waals surface area contributed by atoms with E-state index < -0.39 is 5.54 Å². The van der Waals surface area contributed by atoms with Gasteiger partial charge in [-0.1, -0.05) is 19.8 Å². The standard InChI is InChI=1S/C13H22N2O/c1-6-13(4,5)15-11(16)10-12(2,3)8-7-9-14-10/h1,10,14H,7-9H2,2-5H3,(H,15,16). The second-order valence-electron chi connectivity index (χ2n) is 5.74. The fraction of sp³-hybridized carbons (Fsp3) is 0.769. The van der Waals surface area contributed by atoms with E-state index >= 15 is 0 Å². The van der Waals surface area contributed by atoms with Gasteiger partial charge in [-0.05, 0) is 38.6 Å². The van der Waals surface area contributed by atoms with Gasteiger partial charge in [-0.25, -0.2) is 0 Å². The number of hydrogen-bond acceptors (Lipinski definition) is 2. The maximum Gasteiger partial charge on any atom is 0.238 e. The van der Waals surface area contributed by atoms with Crippen LogP contribution in [0.5, 0.6) is 0 Å². The first kappa shape index (κ1) is 13.1. The zero-order chi connectivity index (χ0) is 12.4. The molecule has 3 nitrogen and oxygen atoms in total. The molecule has 0 aromatic rings. The van der Waals surface area contributed by atoms with Gasteiger partial charge < -0.3 is 10.6 Å². The SMILES string of the molecule is C#CC(C)(C)NC(=O)C1NCCCC1(C)C. The first-order valence-electron chi connectivity index (χ1n) is 5.82. The van der Waals surface area contributed by atoms with Crippen molar-refractivity contribution in [2.24, 2.45) is 5.41 Å². The molecule has 1 fully saturated rings. The van der Waals surface area contributed by atoms with Gasteiger partial charge in [0.25, 0.3) is 0 Å². The maximum atomic E-state index is 12.1. The smallest absolute Gasteiger partial charge is 0.238 e. The van der Waals surface area contributed by atoms with Gasteiger partial charge >= 0.3 is 0 Å². The Balaban J connectivity index is 2.70. The number of hydrogen-bond donors (Lipinski definition) is 2. The van der Waals surface area contributed by atoms with Crippen molar-refractivity contribution in [3.63, 3.8) is 0 Å². The highest BCUT2D eigenvalue weighted by Crippen LogP contribution is 2.30. The summed E-state index contributed by atoms with van der Waals surface area (Å²) in [5.74, 6) is 2.59. The molecule has 1 rings (SSSR count). The number of carbonyl (C=O) groups excluding carboxylic acids is 1. The first-order valence-corrected chi connectivity index (χ1v) is 5.82.